The van der Waals surface area contributed by atoms with E-state index in [9.17, 15) is 13.2 Å². The summed E-state index contributed by atoms with van der Waals surface area (Å²) >= 11 is 3.09. The Morgan fingerprint density at radius 1 is 1.29 bits per heavy atom. The fourth-order valence-corrected chi connectivity index (χ4v) is 2.85. The highest BCUT2D eigenvalue weighted by Gasteiger charge is 2.35. The molecular formula is C14H17BrF3NO2. The number of ether oxygens (including phenoxy) is 1. The Morgan fingerprint density at radius 3 is 2.52 bits per heavy atom. The van der Waals surface area contributed by atoms with E-state index in [0.717, 1.165) is 6.07 Å². The summed E-state index contributed by atoms with van der Waals surface area (Å²) in [5.74, 6) is 0. The van der Waals surface area contributed by atoms with Gasteiger partial charge in [-0.25, -0.2) is 0 Å². The minimum atomic E-state index is -4.37. The Bertz CT molecular complexity index is 474. The van der Waals surface area contributed by atoms with Crippen LogP contribution in [0.3, 0.4) is 0 Å². The zero-order chi connectivity index (χ0) is 15.5. The van der Waals surface area contributed by atoms with Gasteiger partial charge in [0.25, 0.3) is 0 Å². The quantitative estimate of drug-likeness (QED) is 0.884. The van der Waals surface area contributed by atoms with Gasteiger partial charge in [-0.15, -0.1) is 0 Å². The Balaban J connectivity index is 2.10. The minimum absolute atomic E-state index is 0.0122. The molecule has 3 nitrogen and oxygen atoms in total. The molecule has 0 amide bonds. The summed E-state index contributed by atoms with van der Waals surface area (Å²) in [6.45, 7) is 1.27. The third-order valence-corrected chi connectivity index (χ3v) is 3.98. The maximum atomic E-state index is 13.1. The fourth-order valence-electron chi connectivity index (χ4n) is 2.49. The van der Waals surface area contributed by atoms with Gasteiger partial charge in [0.15, 0.2) is 0 Å². The van der Waals surface area contributed by atoms with Gasteiger partial charge >= 0.3 is 6.18 Å². The van der Waals surface area contributed by atoms with Gasteiger partial charge in [0.05, 0.1) is 24.9 Å². The van der Waals surface area contributed by atoms with Crippen LogP contribution in [0.4, 0.5) is 18.9 Å². The summed E-state index contributed by atoms with van der Waals surface area (Å²) in [7, 11) is 0. The topological polar surface area (TPSA) is 32.7 Å². The maximum absolute atomic E-state index is 13.1. The molecule has 0 bridgehead atoms. The van der Waals surface area contributed by atoms with Gasteiger partial charge in [-0.2, -0.15) is 13.2 Å². The molecule has 0 aromatic heterocycles. The smallest absolute Gasteiger partial charge is 0.394 e. The van der Waals surface area contributed by atoms with E-state index < -0.39 is 11.7 Å². The van der Waals surface area contributed by atoms with Crippen LogP contribution in [0.5, 0.6) is 0 Å². The van der Waals surface area contributed by atoms with Crippen molar-refractivity contribution < 1.29 is 23.0 Å². The zero-order valence-electron chi connectivity index (χ0n) is 11.4. The molecule has 1 aliphatic heterocycles. The molecule has 118 valence electrons. The summed E-state index contributed by atoms with van der Waals surface area (Å²) < 4.78 is 45.2. The molecule has 1 aromatic carbocycles. The lowest BCUT2D eigenvalue weighted by Crippen LogP contribution is -2.38. The van der Waals surface area contributed by atoms with E-state index in [2.05, 4.69) is 15.9 Å². The number of nitrogens with zero attached hydrogens (tertiary/aromatic N) is 1. The van der Waals surface area contributed by atoms with Crippen LogP contribution in [-0.4, -0.2) is 37.5 Å². The van der Waals surface area contributed by atoms with E-state index in [0.29, 0.717) is 30.4 Å². The van der Waals surface area contributed by atoms with Crippen LogP contribution in [0.1, 0.15) is 18.4 Å². The molecule has 0 unspecified atom stereocenters. The molecule has 1 aliphatic rings. The van der Waals surface area contributed by atoms with Crippen molar-refractivity contribution in [3.05, 3.63) is 28.2 Å². The standard InChI is InChI=1S/C14H17BrF3NO2/c15-10-1-2-13(12(9-10)14(16,17)18)19-5-3-11(4-6-19)21-8-7-20/h1-2,9,11,20H,3-8H2. The van der Waals surface area contributed by atoms with Gasteiger partial charge in [-0.1, -0.05) is 15.9 Å². The molecule has 0 radical (unpaired) electrons. The summed E-state index contributed by atoms with van der Waals surface area (Å²) in [5, 5.41) is 8.71. The first-order valence-electron chi connectivity index (χ1n) is 6.76. The second-order valence-electron chi connectivity index (χ2n) is 4.94. The summed E-state index contributed by atoms with van der Waals surface area (Å²) in [6.07, 6.45) is -3.04. The summed E-state index contributed by atoms with van der Waals surface area (Å²) in [6, 6.07) is 4.24. The van der Waals surface area contributed by atoms with E-state index >= 15 is 0 Å². The molecule has 2 rings (SSSR count). The second kappa shape index (κ2) is 6.98. The highest BCUT2D eigenvalue weighted by molar-refractivity contribution is 9.10. The predicted octanol–water partition coefficient (Wildman–Crippen LogP) is 3.45. The predicted molar refractivity (Wildman–Crippen MR) is 77.4 cm³/mol. The van der Waals surface area contributed by atoms with Crippen LogP contribution >= 0.6 is 15.9 Å². The van der Waals surface area contributed by atoms with Gasteiger partial charge in [-0.3, -0.25) is 0 Å². The van der Waals surface area contributed by atoms with Crippen molar-refractivity contribution in [2.24, 2.45) is 0 Å². The van der Waals surface area contributed by atoms with E-state index in [1.165, 1.54) is 6.07 Å². The van der Waals surface area contributed by atoms with Crippen molar-refractivity contribution in [1.29, 1.82) is 0 Å². The molecular weight excluding hydrogens is 351 g/mol. The molecule has 0 aliphatic carbocycles. The average Bonchev–Trinajstić information content (AvgIpc) is 2.45. The van der Waals surface area contributed by atoms with Crippen molar-refractivity contribution in [1.82, 2.24) is 0 Å². The molecule has 21 heavy (non-hydrogen) atoms. The van der Waals surface area contributed by atoms with Crippen LogP contribution in [-0.2, 0) is 10.9 Å². The van der Waals surface area contributed by atoms with Crippen LogP contribution in [0.15, 0.2) is 22.7 Å². The normalized spacial score (nSPS) is 17.3. The molecule has 1 saturated heterocycles. The number of piperidine rings is 1. The maximum Gasteiger partial charge on any atom is 0.418 e. The monoisotopic (exact) mass is 367 g/mol. The lowest BCUT2D eigenvalue weighted by molar-refractivity contribution is -0.137. The minimum Gasteiger partial charge on any atom is -0.394 e. The molecule has 1 N–H and O–H groups in total. The first-order valence-corrected chi connectivity index (χ1v) is 7.55. The third-order valence-electron chi connectivity index (χ3n) is 3.49. The van der Waals surface area contributed by atoms with Crippen LogP contribution in [0.25, 0.3) is 0 Å². The zero-order valence-corrected chi connectivity index (χ0v) is 13.0. The van der Waals surface area contributed by atoms with Crippen LogP contribution in [0.2, 0.25) is 0 Å². The van der Waals surface area contributed by atoms with E-state index in [1.54, 1.807) is 11.0 Å². The molecule has 0 saturated carbocycles. The van der Waals surface area contributed by atoms with Gasteiger partial charge in [0.1, 0.15) is 0 Å². The Kier molecular flexibility index (Phi) is 5.51. The Hall–Kier alpha value is -0.790. The van der Waals surface area contributed by atoms with Gasteiger partial charge in [0, 0.05) is 23.2 Å². The van der Waals surface area contributed by atoms with Crippen molar-refractivity contribution in [2.45, 2.75) is 25.1 Å². The number of alkyl halides is 3. The van der Waals surface area contributed by atoms with Crippen molar-refractivity contribution in [3.8, 4) is 0 Å². The SMILES string of the molecule is OCCOC1CCN(c2ccc(Br)cc2C(F)(F)F)CC1. The van der Waals surface area contributed by atoms with E-state index in [-0.39, 0.29) is 25.0 Å². The van der Waals surface area contributed by atoms with Crippen molar-refractivity contribution in [2.75, 3.05) is 31.2 Å². The molecule has 0 atom stereocenters. The van der Waals surface area contributed by atoms with Crippen molar-refractivity contribution >= 4 is 21.6 Å². The van der Waals surface area contributed by atoms with Crippen LogP contribution < -0.4 is 4.90 Å². The second-order valence-corrected chi connectivity index (χ2v) is 5.86. The summed E-state index contributed by atoms with van der Waals surface area (Å²) in [4.78, 5) is 1.74. The molecule has 1 heterocycles. The number of aliphatic hydroxyl groups is 1. The molecule has 1 aromatic rings. The number of anilines is 1. The summed E-state index contributed by atoms with van der Waals surface area (Å²) in [5.41, 5.74) is -0.405. The highest BCUT2D eigenvalue weighted by Crippen LogP contribution is 2.39. The highest BCUT2D eigenvalue weighted by atomic mass is 79.9. The van der Waals surface area contributed by atoms with E-state index in [1.807, 2.05) is 0 Å². The largest absolute Gasteiger partial charge is 0.418 e. The number of hydrogen-bond donors (Lipinski definition) is 1. The number of hydrogen-bond acceptors (Lipinski definition) is 3. The first kappa shape index (κ1) is 16.6. The third kappa shape index (κ3) is 4.34. The number of halogens is 4. The van der Waals surface area contributed by atoms with Gasteiger partial charge in [0.2, 0.25) is 0 Å². The Labute approximate surface area is 129 Å². The number of aliphatic hydroxyl groups excluding tert-OH is 1. The van der Waals surface area contributed by atoms with Gasteiger partial charge < -0.3 is 14.7 Å². The van der Waals surface area contributed by atoms with E-state index in [4.69, 9.17) is 9.84 Å². The lowest BCUT2D eigenvalue weighted by Gasteiger charge is -2.35. The number of benzene rings is 1. The van der Waals surface area contributed by atoms with Crippen LogP contribution in [0, 0.1) is 0 Å². The lowest BCUT2D eigenvalue weighted by atomic mass is 10.0. The molecule has 0 spiro atoms. The molecule has 1 fully saturated rings. The molecule has 7 heteroatoms. The Morgan fingerprint density at radius 2 is 1.95 bits per heavy atom. The first-order chi connectivity index (χ1) is 9.91. The fraction of sp³-hybridized carbons (Fsp3) is 0.571. The van der Waals surface area contributed by atoms with Gasteiger partial charge in [-0.05, 0) is 31.0 Å². The van der Waals surface area contributed by atoms with Crippen molar-refractivity contribution in [3.63, 3.8) is 0 Å². The number of rotatable bonds is 4. The average molecular weight is 368 g/mol.